The zero-order chi connectivity index (χ0) is 18.1. The summed E-state index contributed by atoms with van der Waals surface area (Å²) in [7, 11) is 0. The normalized spacial score (nSPS) is 11.3. The molecule has 26 heavy (non-hydrogen) atoms. The summed E-state index contributed by atoms with van der Waals surface area (Å²) < 4.78 is 3.44. The summed E-state index contributed by atoms with van der Waals surface area (Å²) in [6.07, 6.45) is 0. The lowest BCUT2D eigenvalue weighted by molar-refractivity contribution is 0.688. The topological polar surface area (TPSA) is 78.0 Å². The van der Waals surface area contributed by atoms with Crippen molar-refractivity contribution in [2.24, 2.45) is 0 Å². The standard InChI is InChI=1S/C17H16N6OS2/c1-11-8-15(24)23-16(18-11)26-14(21-23)10-25-17-20-19-12(2)22(17)9-13-6-4-3-5-7-13/h3-8H,9-10H2,1-2H3. The summed E-state index contributed by atoms with van der Waals surface area (Å²) in [4.78, 5) is 17.0. The van der Waals surface area contributed by atoms with Gasteiger partial charge >= 0.3 is 0 Å². The monoisotopic (exact) mass is 384 g/mol. The van der Waals surface area contributed by atoms with E-state index in [2.05, 4.69) is 37.0 Å². The van der Waals surface area contributed by atoms with E-state index in [1.165, 1.54) is 27.5 Å². The fourth-order valence-electron chi connectivity index (χ4n) is 2.56. The number of hydrogen-bond donors (Lipinski definition) is 0. The van der Waals surface area contributed by atoms with Gasteiger partial charge in [0, 0.05) is 11.8 Å². The Morgan fingerprint density at radius 2 is 1.96 bits per heavy atom. The molecule has 0 aliphatic heterocycles. The van der Waals surface area contributed by atoms with Gasteiger partial charge in [0.2, 0.25) is 4.96 Å². The van der Waals surface area contributed by atoms with Crippen LogP contribution in [0.3, 0.4) is 0 Å². The van der Waals surface area contributed by atoms with Gasteiger partial charge in [0.05, 0.1) is 12.3 Å². The van der Waals surface area contributed by atoms with Crippen molar-refractivity contribution in [3.8, 4) is 0 Å². The van der Waals surface area contributed by atoms with Crippen molar-refractivity contribution in [1.82, 2.24) is 29.4 Å². The highest BCUT2D eigenvalue weighted by Gasteiger charge is 2.13. The van der Waals surface area contributed by atoms with Crippen LogP contribution >= 0.6 is 23.1 Å². The van der Waals surface area contributed by atoms with Gasteiger partial charge in [-0.25, -0.2) is 4.98 Å². The first-order valence-corrected chi connectivity index (χ1v) is 9.83. The predicted octanol–water partition coefficient (Wildman–Crippen LogP) is 2.70. The number of thioether (sulfide) groups is 1. The average Bonchev–Trinajstić information content (AvgIpc) is 3.18. The Balaban J connectivity index is 1.55. The first-order valence-electron chi connectivity index (χ1n) is 8.03. The lowest BCUT2D eigenvalue weighted by atomic mass is 10.2. The molecule has 0 aliphatic rings. The average molecular weight is 384 g/mol. The molecule has 0 aliphatic carbocycles. The van der Waals surface area contributed by atoms with Gasteiger partial charge < -0.3 is 4.57 Å². The van der Waals surface area contributed by atoms with Crippen LogP contribution in [0.25, 0.3) is 4.96 Å². The fourth-order valence-corrected chi connectivity index (χ4v) is 4.47. The number of rotatable bonds is 5. The van der Waals surface area contributed by atoms with Crippen molar-refractivity contribution in [3.05, 3.63) is 68.8 Å². The summed E-state index contributed by atoms with van der Waals surface area (Å²) in [6.45, 7) is 4.48. The number of aryl methyl sites for hydroxylation is 2. The van der Waals surface area contributed by atoms with Crippen LogP contribution in [0, 0.1) is 13.8 Å². The van der Waals surface area contributed by atoms with Crippen molar-refractivity contribution in [1.29, 1.82) is 0 Å². The molecule has 0 atom stereocenters. The number of aromatic nitrogens is 6. The van der Waals surface area contributed by atoms with Crippen molar-refractivity contribution >= 4 is 28.1 Å². The molecule has 0 spiro atoms. The van der Waals surface area contributed by atoms with E-state index < -0.39 is 0 Å². The molecule has 0 saturated heterocycles. The van der Waals surface area contributed by atoms with Crippen molar-refractivity contribution in [2.45, 2.75) is 31.3 Å². The summed E-state index contributed by atoms with van der Waals surface area (Å²) in [5.74, 6) is 1.48. The second-order valence-corrected chi connectivity index (χ2v) is 7.80. The smallest absolute Gasteiger partial charge is 0.275 e. The minimum absolute atomic E-state index is 0.150. The minimum atomic E-state index is -0.150. The van der Waals surface area contributed by atoms with Crippen LogP contribution in [0.2, 0.25) is 0 Å². The van der Waals surface area contributed by atoms with Gasteiger partial charge in [0.25, 0.3) is 5.56 Å². The van der Waals surface area contributed by atoms with Crippen LogP contribution in [-0.2, 0) is 12.3 Å². The number of fused-ring (bicyclic) bond motifs is 1. The minimum Gasteiger partial charge on any atom is -0.302 e. The Labute approximate surface area is 157 Å². The zero-order valence-corrected chi connectivity index (χ0v) is 15.9. The molecule has 0 fully saturated rings. The van der Waals surface area contributed by atoms with E-state index in [9.17, 15) is 4.79 Å². The van der Waals surface area contributed by atoms with Crippen molar-refractivity contribution in [3.63, 3.8) is 0 Å². The molecular weight excluding hydrogens is 368 g/mol. The Hall–Kier alpha value is -2.52. The predicted molar refractivity (Wildman–Crippen MR) is 102 cm³/mol. The zero-order valence-electron chi connectivity index (χ0n) is 14.3. The third-order valence-corrected chi connectivity index (χ3v) is 5.89. The highest BCUT2D eigenvalue weighted by atomic mass is 32.2. The van der Waals surface area contributed by atoms with E-state index in [4.69, 9.17) is 0 Å². The number of nitrogens with zero attached hydrogens (tertiary/aromatic N) is 6. The molecule has 4 rings (SSSR count). The van der Waals surface area contributed by atoms with E-state index in [0.29, 0.717) is 16.4 Å². The second-order valence-electron chi connectivity index (χ2n) is 5.82. The van der Waals surface area contributed by atoms with Gasteiger partial charge in [-0.3, -0.25) is 4.79 Å². The van der Waals surface area contributed by atoms with Gasteiger partial charge in [-0.15, -0.1) is 10.2 Å². The SMILES string of the molecule is Cc1cc(=O)n2nc(CSc3nnc(C)n3Cc3ccccc3)sc2n1. The maximum absolute atomic E-state index is 12.0. The second kappa shape index (κ2) is 7.00. The molecule has 3 heterocycles. The highest BCUT2D eigenvalue weighted by molar-refractivity contribution is 7.98. The molecule has 0 radical (unpaired) electrons. The molecule has 0 bridgehead atoms. The maximum Gasteiger partial charge on any atom is 0.275 e. The van der Waals surface area contributed by atoms with Gasteiger partial charge in [0.15, 0.2) is 5.16 Å². The van der Waals surface area contributed by atoms with Crippen LogP contribution in [0.1, 0.15) is 22.1 Å². The maximum atomic E-state index is 12.0. The summed E-state index contributed by atoms with van der Waals surface area (Å²) in [5, 5.41) is 14.5. The van der Waals surface area contributed by atoms with Crippen LogP contribution in [0.4, 0.5) is 0 Å². The van der Waals surface area contributed by atoms with E-state index in [1.807, 2.05) is 32.0 Å². The lowest BCUT2D eigenvalue weighted by Gasteiger charge is -2.07. The summed E-state index contributed by atoms with van der Waals surface area (Å²) in [6, 6.07) is 11.7. The largest absolute Gasteiger partial charge is 0.302 e. The number of hydrogen-bond acceptors (Lipinski definition) is 7. The van der Waals surface area contributed by atoms with E-state index in [-0.39, 0.29) is 5.56 Å². The first-order chi connectivity index (χ1) is 12.6. The quantitative estimate of drug-likeness (QED) is 0.492. The molecule has 0 unspecified atom stereocenters. The fraction of sp³-hybridized carbons (Fsp3) is 0.235. The molecular formula is C17H16N6OS2. The van der Waals surface area contributed by atoms with Gasteiger partial charge in [-0.1, -0.05) is 53.4 Å². The molecule has 9 heteroatoms. The number of benzene rings is 1. The molecule has 0 amide bonds. The third kappa shape index (κ3) is 3.40. The summed E-state index contributed by atoms with van der Waals surface area (Å²) in [5.41, 5.74) is 1.75. The highest BCUT2D eigenvalue weighted by Crippen LogP contribution is 2.24. The lowest BCUT2D eigenvalue weighted by Crippen LogP contribution is -2.14. The molecule has 7 nitrogen and oxygen atoms in total. The van der Waals surface area contributed by atoms with Crippen LogP contribution < -0.4 is 5.56 Å². The summed E-state index contributed by atoms with van der Waals surface area (Å²) >= 11 is 2.98. The van der Waals surface area contributed by atoms with E-state index in [1.54, 1.807) is 11.8 Å². The van der Waals surface area contributed by atoms with Gasteiger partial charge in [0.1, 0.15) is 10.8 Å². The molecule has 4 aromatic rings. The van der Waals surface area contributed by atoms with Crippen molar-refractivity contribution < 1.29 is 0 Å². The Bertz CT molecular complexity index is 1120. The van der Waals surface area contributed by atoms with Crippen LogP contribution in [0.15, 0.2) is 46.3 Å². The van der Waals surface area contributed by atoms with Gasteiger partial charge in [-0.05, 0) is 19.4 Å². The molecule has 1 aromatic carbocycles. The van der Waals surface area contributed by atoms with Crippen LogP contribution in [0.5, 0.6) is 0 Å². The molecule has 132 valence electrons. The Morgan fingerprint density at radius 1 is 1.15 bits per heavy atom. The first kappa shape index (κ1) is 16.9. The Kier molecular flexibility index (Phi) is 4.56. The molecule has 0 saturated carbocycles. The molecule has 3 aromatic heterocycles. The van der Waals surface area contributed by atoms with Crippen LogP contribution in [-0.4, -0.2) is 29.4 Å². The van der Waals surface area contributed by atoms with Gasteiger partial charge in [-0.2, -0.15) is 9.61 Å². The third-order valence-electron chi connectivity index (χ3n) is 3.82. The Morgan fingerprint density at radius 3 is 2.77 bits per heavy atom. The van der Waals surface area contributed by atoms with Crippen molar-refractivity contribution in [2.75, 3.05) is 0 Å². The van der Waals surface area contributed by atoms with E-state index >= 15 is 0 Å². The molecule has 0 N–H and O–H groups in total. The van der Waals surface area contributed by atoms with E-state index in [0.717, 1.165) is 22.5 Å².